The van der Waals surface area contributed by atoms with Crippen molar-refractivity contribution in [2.45, 2.75) is 32.2 Å². The fourth-order valence-corrected chi connectivity index (χ4v) is 2.12. The van der Waals surface area contributed by atoms with Crippen molar-refractivity contribution in [2.75, 3.05) is 18.9 Å². The van der Waals surface area contributed by atoms with Gasteiger partial charge in [-0.2, -0.15) is 0 Å². The second kappa shape index (κ2) is 5.21. The first-order valence-corrected chi connectivity index (χ1v) is 6.35. The lowest BCUT2D eigenvalue weighted by molar-refractivity contribution is 0.0744. The number of hydrogen-bond acceptors (Lipinski definition) is 2. The summed E-state index contributed by atoms with van der Waals surface area (Å²) in [4.78, 5) is 14.5. The highest BCUT2D eigenvalue weighted by atomic mass is 16.2. The van der Waals surface area contributed by atoms with Crippen molar-refractivity contribution in [2.24, 2.45) is 0 Å². The number of hydrogen-bond donors (Lipinski definition) is 1. The van der Waals surface area contributed by atoms with Gasteiger partial charge in [-0.05, 0) is 31.4 Å². The highest BCUT2D eigenvalue weighted by Crippen LogP contribution is 2.29. The third kappa shape index (κ3) is 2.60. The quantitative estimate of drug-likeness (QED) is 0.846. The number of carbonyl (C=O) groups is 1. The van der Waals surface area contributed by atoms with E-state index in [-0.39, 0.29) is 5.91 Å². The standard InChI is InChI=1S/C14H20N2O/c1-3-10-16(11-8-9-11)14(17)12-6-4-5-7-13(12)15-2/h4-7,11,15H,3,8-10H2,1-2H3. The topological polar surface area (TPSA) is 32.3 Å². The van der Waals surface area contributed by atoms with Gasteiger partial charge in [0.1, 0.15) is 0 Å². The Kier molecular flexibility index (Phi) is 3.67. The van der Waals surface area contributed by atoms with E-state index in [2.05, 4.69) is 12.2 Å². The molecule has 1 fully saturated rings. The van der Waals surface area contributed by atoms with Crippen molar-refractivity contribution in [1.29, 1.82) is 0 Å². The summed E-state index contributed by atoms with van der Waals surface area (Å²) >= 11 is 0. The lowest BCUT2D eigenvalue weighted by atomic mass is 10.1. The molecule has 0 unspecified atom stereocenters. The second-order valence-electron chi connectivity index (χ2n) is 4.53. The monoisotopic (exact) mass is 232 g/mol. The molecule has 0 aliphatic heterocycles. The summed E-state index contributed by atoms with van der Waals surface area (Å²) < 4.78 is 0. The van der Waals surface area contributed by atoms with E-state index < -0.39 is 0 Å². The maximum absolute atomic E-state index is 12.5. The Morgan fingerprint density at radius 2 is 2.12 bits per heavy atom. The molecule has 17 heavy (non-hydrogen) atoms. The number of rotatable bonds is 5. The normalized spacial score (nSPS) is 14.5. The van der Waals surface area contributed by atoms with Gasteiger partial charge in [-0.3, -0.25) is 4.79 Å². The zero-order valence-corrected chi connectivity index (χ0v) is 10.6. The summed E-state index contributed by atoms with van der Waals surface area (Å²) in [5.74, 6) is 0.166. The molecule has 1 amide bonds. The molecule has 0 bridgehead atoms. The highest BCUT2D eigenvalue weighted by molar-refractivity contribution is 5.99. The molecule has 1 aromatic carbocycles. The number of benzene rings is 1. The van der Waals surface area contributed by atoms with Crippen LogP contribution in [0.1, 0.15) is 36.5 Å². The fourth-order valence-electron chi connectivity index (χ4n) is 2.12. The number of para-hydroxylation sites is 1. The highest BCUT2D eigenvalue weighted by Gasteiger charge is 2.32. The SMILES string of the molecule is CCCN(C(=O)c1ccccc1NC)C1CC1. The Bertz CT molecular complexity index is 399. The van der Waals surface area contributed by atoms with E-state index in [0.717, 1.165) is 37.1 Å². The van der Waals surface area contributed by atoms with Gasteiger partial charge in [0.05, 0.1) is 5.56 Å². The minimum atomic E-state index is 0.166. The van der Waals surface area contributed by atoms with Crippen LogP contribution in [-0.2, 0) is 0 Å². The number of anilines is 1. The molecule has 0 spiro atoms. The van der Waals surface area contributed by atoms with Crippen molar-refractivity contribution < 1.29 is 4.79 Å². The Morgan fingerprint density at radius 1 is 1.41 bits per heavy atom. The van der Waals surface area contributed by atoms with Crippen LogP contribution in [0.15, 0.2) is 24.3 Å². The lowest BCUT2D eigenvalue weighted by Crippen LogP contribution is -2.34. The molecule has 0 aromatic heterocycles. The zero-order valence-electron chi connectivity index (χ0n) is 10.6. The van der Waals surface area contributed by atoms with Crippen LogP contribution in [-0.4, -0.2) is 30.4 Å². The molecular weight excluding hydrogens is 212 g/mol. The summed E-state index contributed by atoms with van der Waals surface area (Å²) in [6, 6.07) is 8.20. The molecule has 1 aromatic rings. The van der Waals surface area contributed by atoms with Crippen LogP contribution >= 0.6 is 0 Å². The minimum Gasteiger partial charge on any atom is -0.387 e. The predicted octanol–water partition coefficient (Wildman–Crippen LogP) is 2.74. The van der Waals surface area contributed by atoms with Crippen molar-refractivity contribution >= 4 is 11.6 Å². The maximum atomic E-state index is 12.5. The van der Waals surface area contributed by atoms with E-state index in [0.29, 0.717) is 6.04 Å². The van der Waals surface area contributed by atoms with E-state index in [4.69, 9.17) is 0 Å². The summed E-state index contributed by atoms with van der Waals surface area (Å²) in [7, 11) is 1.85. The number of amides is 1. The summed E-state index contributed by atoms with van der Waals surface area (Å²) in [6.45, 7) is 2.98. The Morgan fingerprint density at radius 3 is 2.71 bits per heavy atom. The van der Waals surface area contributed by atoms with Crippen LogP contribution in [0.2, 0.25) is 0 Å². The first-order chi connectivity index (χ1) is 8.27. The average molecular weight is 232 g/mol. The van der Waals surface area contributed by atoms with Gasteiger partial charge in [-0.1, -0.05) is 19.1 Å². The first-order valence-electron chi connectivity index (χ1n) is 6.35. The van der Waals surface area contributed by atoms with Crippen molar-refractivity contribution in [3.8, 4) is 0 Å². The zero-order chi connectivity index (χ0) is 12.3. The van der Waals surface area contributed by atoms with Gasteiger partial charge in [0.15, 0.2) is 0 Å². The van der Waals surface area contributed by atoms with Gasteiger partial charge < -0.3 is 10.2 Å². The van der Waals surface area contributed by atoms with Gasteiger partial charge in [0, 0.05) is 25.3 Å². The number of nitrogens with one attached hydrogen (secondary N) is 1. The molecular formula is C14H20N2O. The van der Waals surface area contributed by atoms with Gasteiger partial charge in [0.25, 0.3) is 5.91 Å². The minimum absolute atomic E-state index is 0.166. The summed E-state index contributed by atoms with van der Waals surface area (Å²) in [5.41, 5.74) is 1.70. The molecule has 1 N–H and O–H groups in total. The largest absolute Gasteiger partial charge is 0.387 e. The summed E-state index contributed by atoms with van der Waals surface area (Å²) in [5, 5.41) is 3.09. The predicted molar refractivity (Wildman–Crippen MR) is 70.3 cm³/mol. The molecule has 1 aliphatic rings. The van der Waals surface area contributed by atoms with Crippen molar-refractivity contribution in [3.63, 3.8) is 0 Å². The van der Waals surface area contributed by atoms with E-state index in [1.165, 1.54) is 0 Å². The second-order valence-corrected chi connectivity index (χ2v) is 4.53. The van der Waals surface area contributed by atoms with Gasteiger partial charge in [-0.15, -0.1) is 0 Å². The fraction of sp³-hybridized carbons (Fsp3) is 0.500. The third-order valence-corrected chi connectivity index (χ3v) is 3.14. The van der Waals surface area contributed by atoms with Crippen LogP contribution < -0.4 is 5.32 Å². The molecule has 0 atom stereocenters. The molecule has 3 nitrogen and oxygen atoms in total. The number of nitrogens with zero attached hydrogens (tertiary/aromatic N) is 1. The molecule has 0 saturated heterocycles. The van der Waals surface area contributed by atoms with Gasteiger partial charge in [0.2, 0.25) is 0 Å². The smallest absolute Gasteiger partial charge is 0.256 e. The van der Waals surface area contributed by atoms with Gasteiger partial charge >= 0.3 is 0 Å². The van der Waals surface area contributed by atoms with Gasteiger partial charge in [-0.25, -0.2) is 0 Å². The number of carbonyl (C=O) groups excluding carboxylic acids is 1. The molecule has 2 rings (SSSR count). The molecule has 92 valence electrons. The summed E-state index contributed by atoms with van der Waals surface area (Å²) in [6.07, 6.45) is 3.34. The first kappa shape index (κ1) is 12.0. The third-order valence-electron chi connectivity index (χ3n) is 3.14. The molecule has 3 heteroatoms. The van der Waals surface area contributed by atoms with Crippen LogP contribution in [0.5, 0.6) is 0 Å². The molecule has 0 radical (unpaired) electrons. The van der Waals surface area contributed by atoms with Crippen LogP contribution in [0.25, 0.3) is 0 Å². The Hall–Kier alpha value is -1.51. The average Bonchev–Trinajstić information content (AvgIpc) is 3.19. The van der Waals surface area contributed by atoms with E-state index >= 15 is 0 Å². The van der Waals surface area contributed by atoms with Crippen molar-refractivity contribution in [3.05, 3.63) is 29.8 Å². The Balaban J connectivity index is 2.21. The maximum Gasteiger partial charge on any atom is 0.256 e. The van der Waals surface area contributed by atoms with Crippen LogP contribution in [0.4, 0.5) is 5.69 Å². The van der Waals surface area contributed by atoms with E-state index in [1.54, 1.807) is 0 Å². The molecule has 1 saturated carbocycles. The Labute approximate surface area is 103 Å². The van der Waals surface area contributed by atoms with E-state index in [9.17, 15) is 4.79 Å². The van der Waals surface area contributed by atoms with Crippen molar-refractivity contribution in [1.82, 2.24) is 4.90 Å². The van der Waals surface area contributed by atoms with Crippen LogP contribution in [0, 0.1) is 0 Å². The van der Waals surface area contributed by atoms with E-state index in [1.807, 2.05) is 36.2 Å². The molecule has 0 heterocycles. The lowest BCUT2D eigenvalue weighted by Gasteiger charge is -2.23. The molecule has 1 aliphatic carbocycles. The van der Waals surface area contributed by atoms with Crippen LogP contribution in [0.3, 0.4) is 0 Å².